The van der Waals surface area contributed by atoms with Gasteiger partial charge in [0.1, 0.15) is 29.8 Å². The first-order chi connectivity index (χ1) is 30.4. The van der Waals surface area contributed by atoms with Gasteiger partial charge in [-0.1, -0.05) is 44.2 Å². The van der Waals surface area contributed by atoms with E-state index in [9.17, 15) is 42.3 Å². The van der Waals surface area contributed by atoms with E-state index in [1.807, 2.05) is 56.3 Å². The quantitative estimate of drug-likeness (QED) is 0.102. The Morgan fingerprint density at radius 3 is 1.94 bits per heavy atom. The minimum absolute atomic E-state index is 0.206. The van der Waals surface area contributed by atoms with Crippen LogP contribution in [0, 0.1) is 5.92 Å². The van der Waals surface area contributed by atoms with E-state index in [1.54, 1.807) is 23.5 Å². The van der Waals surface area contributed by atoms with E-state index < -0.39 is 54.5 Å². The van der Waals surface area contributed by atoms with Crippen molar-refractivity contribution in [3.63, 3.8) is 0 Å². The average molecular weight is 889 g/mol. The van der Waals surface area contributed by atoms with E-state index in [2.05, 4.69) is 39.7 Å². The predicted octanol–water partition coefficient (Wildman–Crippen LogP) is 6.26. The number of likely N-dealkylation sites (tertiary alicyclic amines) is 2. The standard InChI is InChI=1S/C43H47F3N10O8/c1-22(2)35(54(4)42(61)62)39(58)56-17-7-9-33(56)37-48-20-30(51-37)25-12-10-24(11-13-25)29-19-47-28-18-26(14-15-27(28)50-29)31-21-49-36(52-31)32-8-6-16-55(32)38(57)34(53-41(60)63-5)23(3)64-40(59)43(44,45)46/h10-15,18-23,32-35H,6-9,16-17H2,1-5H3,(H,48,51)(H,49,52)(H,53,60)(H,61,62)/t23-,32+,33+,34+,35+/m1/s1. The molecule has 0 spiro atoms. The molecule has 5 aromatic rings. The summed E-state index contributed by atoms with van der Waals surface area (Å²) in [6, 6.07) is 9.80. The average Bonchev–Trinajstić information content (AvgIpc) is 4.12. The summed E-state index contributed by atoms with van der Waals surface area (Å²) in [7, 11) is 2.44. The highest BCUT2D eigenvalue weighted by molar-refractivity contribution is 5.88. The van der Waals surface area contributed by atoms with E-state index >= 15 is 0 Å². The first-order valence-electron chi connectivity index (χ1n) is 20.6. The van der Waals surface area contributed by atoms with Gasteiger partial charge >= 0.3 is 24.3 Å². The molecular weight excluding hydrogens is 842 g/mol. The largest absolute Gasteiger partial charge is 0.490 e. The summed E-state index contributed by atoms with van der Waals surface area (Å²) in [6.07, 6.45) is -1.78. The van der Waals surface area contributed by atoms with Crippen molar-refractivity contribution in [1.82, 2.24) is 49.9 Å². The number of carbonyl (C=O) groups is 5. The number of aromatic nitrogens is 6. The summed E-state index contributed by atoms with van der Waals surface area (Å²) in [4.78, 5) is 92.1. The van der Waals surface area contributed by atoms with E-state index in [1.165, 1.54) is 11.9 Å². The second-order valence-electron chi connectivity index (χ2n) is 16.1. The molecule has 2 fully saturated rings. The summed E-state index contributed by atoms with van der Waals surface area (Å²) >= 11 is 0. The number of carbonyl (C=O) groups excluding carboxylic acids is 4. The van der Waals surface area contributed by atoms with Crippen molar-refractivity contribution < 1.29 is 51.7 Å². The highest BCUT2D eigenvalue weighted by Crippen LogP contribution is 2.35. The zero-order chi connectivity index (χ0) is 46.0. The van der Waals surface area contributed by atoms with E-state index in [0.29, 0.717) is 59.9 Å². The fraction of sp³-hybridized carbons (Fsp3) is 0.419. The molecule has 3 aromatic heterocycles. The van der Waals surface area contributed by atoms with Gasteiger partial charge in [-0.2, -0.15) is 13.2 Å². The fourth-order valence-electron chi connectivity index (χ4n) is 8.31. The number of H-pyrrole nitrogens is 2. The van der Waals surface area contributed by atoms with Crippen LogP contribution in [0.4, 0.5) is 22.8 Å². The van der Waals surface area contributed by atoms with Gasteiger partial charge in [0.2, 0.25) is 11.8 Å². The number of likely N-dealkylation sites (N-methyl/N-ethyl adjacent to an activating group) is 1. The molecule has 0 bridgehead atoms. The number of rotatable bonds is 12. The van der Waals surface area contributed by atoms with Gasteiger partial charge in [-0.15, -0.1) is 0 Å². The van der Waals surface area contributed by atoms with Crippen molar-refractivity contribution in [2.45, 2.75) is 82.9 Å². The number of aromatic amines is 2. The van der Waals surface area contributed by atoms with E-state index in [-0.39, 0.29) is 24.4 Å². The van der Waals surface area contributed by atoms with Gasteiger partial charge in [0.15, 0.2) is 0 Å². The van der Waals surface area contributed by atoms with Crippen molar-refractivity contribution in [2.24, 2.45) is 5.92 Å². The molecule has 5 heterocycles. The molecule has 0 saturated carbocycles. The Kier molecular flexibility index (Phi) is 12.9. The van der Waals surface area contributed by atoms with Crippen molar-refractivity contribution in [1.29, 1.82) is 0 Å². The SMILES string of the molecule is COC(=O)N[C@H](C(=O)N1CCC[C@H]1c1ncc(-c2ccc3nc(-c4ccc(-c5cnc([C@@H]6CCCN6C(=O)[C@H](C(C)C)N(C)C(=O)O)[nH]5)cc4)cnc3c2)[nH]1)[C@@H](C)OC(=O)C(F)(F)F. The van der Waals surface area contributed by atoms with E-state index in [0.717, 1.165) is 47.7 Å². The molecule has 7 rings (SSSR count). The van der Waals surface area contributed by atoms with Gasteiger partial charge in [0, 0.05) is 31.3 Å². The lowest BCUT2D eigenvalue weighted by Crippen LogP contribution is -2.55. The maximum Gasteiger partial charge on any atom is 0.490 e. The monoisotopic (exact) mass is 888 g/mol. The molecule has 2 aromatic carbocycles. The number of carboxylic acid groups (broad SMARTS) is 1. The summed E-state index contributed by atoms with van der Waals surface area (Å²) < 4.78 is 47.9. The third kappa shape index (κ3) is 9.32. The molecule has 0 radical (unpaired) electrons. The number of fused-ring (bicyclic) bond motifs is 1. The topological polar surface area (TPSA) is 229 Å². The number of benzene rings is 2. The predicted molar refractivity (Wildman–Crippen MR) is 223 cm³/mol. The van der Waals surface area contributed by atoms with Crippen molar-refractivity contribution in [2.75, 3.05) is 27.2 Å². The van der Waals surface area contributed by atoms with Gasteiger partial charge in [0.25, 0.3) is 0 Å². The Morgan fingerprint density at radius 2 is 1.38 bits per heavy atom. The number of amides is 4. The number of hydrogen-bond acceptors (Lipinski definition) is 11. The Morgan fingerprint density at radius 1 is 0.812 bits per heavy atom. The number of imidazole rings is 2. The van der Waals surface area contributed by atoms with Gasteiger partial charge in [-0.25, -0.2) is 29.3 Å². The number of ether oxygens (including phenoxy) is 2. The van der Waals surface area contributed by atoms with Gasteiger partial charge in [-0.05, 0) is 56.2 Å². The lowest BCUT2D eigenvalue weighted by molar-refractivity contribution is -0.205. The molecule has 18 nitrogen and oxygen atoms in total. The van der Waals surface area contributed by atoms with E-state index in [4.69, 9.17) is 4.98 Å². The van der Waals surface area contributed by atoms with Gasteiger partial charge < -0.3 is 39.7 Å². The van der Waals surface area contributed by atoms with Crippen LogP contribution >= 0.6 is 0 Å². The van der Waals surface area contributed by atoms with Crippen molar-refractivity contribution in [3.05, 3.63) is 72.7 Å². The number of halogens is 3. The van der Waals surface area contributed by atoms with Crippen LogP contribution in [0.2, 0.25) is 0 Å². The highest BCUT2D eigenvalue weighted by atomic mass is 19.4. The maximum absolute atomic E-state index is 13.7. The van der Waals surface area contributed by atoms with Crippen LogP contribution < -0.4 is 5.32 Å². The summed E-state index contributed by atoms with van der Waals surface area (Å²) in [5, 5.41) is 11.8. The van der Waals surface area contributed by atoms with Gasteiger partial charge in [-0.3, -0.25) is 19.5 Å². The number of alkyl halides is 3. The summed E-state index contributed by atoms with van der Waals surface area (Å²) in [5.74, 6) is -2.69. The Hall–Kier alpha value is -7.06. The number of alkyl carbamates (subject to hydrolysis) is 1. The van der Waals surface area contributed by atoms with Crippen molar-refractivity contribution in [3.8, 4) is 33.8 Å². The third-order valence-corrected chi connectivity index (χ3v) is 11.6. The van der Waals surface area contributed by atoms with Crippen LogP contribution in [0.3, 0.4) is 0 Å². The molecule has 2 aliphatic heterocycles. The lowest BCUT2D eigenvalue weighted by Gasteiger charge is -2.33. The number of nitrogens with zero attached hydrogens (tertiary/aromatic N) is 7. The Bertz CT molecular complexity index is 2540. The van der Waals surface area contributed by atoms with Gasteiger partial charge in [0.05, 0.1) is 65.9 Å². The van der Waals surface area contributed by atoms with Crippen LogP contribution in [-0.2, 0) is 23.9 Å². The molecule has 4 N–H and O–H groups in total. The molecule has 2 aliphatic rings. The molecule has 2 saturated heterocycles. The first kappa shape index (κ1) is 45.0. The van der Waals surface area contributed by atoms with Crippen LogP contribution in [-0.4, -0.2) is 131 Å². The molecule has 0 aliphatic carbocycles. The zero-order valence-corrected chi connectivity index (χ0v) is 35.5. The molecular formula is C43H47F3N10O8. The first-order valence-corrected chi connectivity index (χ1v) is 20.6. The van der Waals surface area contributed by atoms with Crippen molar-refractivity contribution >= 4 is 41.0 Å². The normalized spacial score (nSPS) is 17.9. The number of esters is 1. The van der Waals surface area contributed by atoms with Crippen LogP contribution in [0.15, 0.2) is 61.1 Å². The minimum atomic E-state index is -5.30. The van der Waals surface area contributed by atoms with Crippen LogP contribution in [0.25, 0.3) is 44.8 Å². The summed E-state index contributed by atoms with van der Waals surface area (Å²) in [5.41, 5.74) is 5.65. The molecule has 64 heavy (non-hydrogen) atoms. The molecule has 5 atom stereocenters. The number of methoxy groups -OCH3 is 1. The molecule has 21 heteroatoms. The van der Waals surface area contributed by atoms with Crippen LogP contribution in [0.5, 0.6) is 0 Å². The Balaban J connectivity index is 1.03. The number of hydrogen-bond donors (Lipinski definition) is 4. The molecule has 4 amide bonds. The highest BCUT2D eigenvalue weighted by Gasteiger charge is 2.46. The second-order valence-corrected chi connectivity index (χ2v) is 16.1. The lowest BCUT2D eigenvalue weighted by atomic mass is 10.0. The minimum Gasteiger partial charge on any atom is -0.465 e. The molecule has 0 unspecified atom stereocenters. The fourth-order valence-corrected chi connectivity index (χ4v) is 8.31. The van der Waals surface area contributed by atoms with Crippen LogP contribution in [0.1, 0.15) is 70.2 Å². The zero-order valence-electron chi connectivity index (χ0n) is 35.5. The maximum atomic E-state index is 13.7. The Labute approximate surface area is 364 Å². The number of nitrogens with one attached hydrogen (secondary N) is 3. The molecule has 338 valence electrons. The third-order valence-electron chi connectivity index (χ3n) is 11.6. The second kappa shape index (κ2) is 18.3. The summed E-state index contributed by atoms with van der Waals surface area (Å²) in [6.45, 7) is 5.46. The smallest absolute Gasteiger partial charge is 0.465 e.